The minimum absolute atomic E-state index is 0.0963. The SMILES string of the molecule is CCOC(=O)C1CN(Cc2ccccc2)CC1c1ccccn1. The summed E-state index contributed by atoms with van der Waals surface area (Å²) >= 11 is 0. The largest absolute Gasteiger partial charge is 0.466 e. The van der Waals surface area contributed by atoms with Crippen molar-refractivity contribution in [3.8, 4) is 0 Å². The summed E-state index contributed by atoms with van der Waals surface area (Å²) in [6.07, 6.45) is 1.79. The van der Waals surface area contributed by atoms with E-state index in [1.807, 2.05) is 43.3 Å². The standard InChI is InChI=1S/C19H22N2O2/c1-2-23-19(22)17-14-21(12-15-8-4-3-5-9-15)13-16(17)18-10-6-7-11-20-18/h3-11,16-17H,2,12-14H2,1H3. The molecular weight excluding hydrogens is 288 g/mol. The number of aromatic nitrogens is 1. The molecule has 1 aromatic heterocycles. The molecule has 2 aromatic rings. The summed E-state index contributed by atoms with van der Waals surface area (Å²) in [6, 6.07) is 16.2. The van der Waals surface area contributed by atoms with Crippen LogP contribution in [0.5, 0.6) is 0 Å². The van der Waals surface area contributed by atoms with E-state index in [9.17, 15) is 4.79 Å². The van der Waals surface area contributed by atoms with Gasteiger partial charge in [0.25, 0.3) is 0 Å². The van der Waals surface area contributed by atoms with Gasteiger partial charge in [0.05, 0.1) is 12.5 Å². The maximum atomic E-state index is 12.4. The Balaban J connectivity index is 1.77. The number of pyridine rings is 1. The molecule has 1 aliphatic heterocycles. The Kier molecular flexibility index (Phi) is 5.03. The van der Waals surface area contributed by atoms with Crippen molar-refractivity contribution in [2.24, 2.45) is 5.92 Å². The molecule has 0 bridgehead atoms. The molecule has 2 unspecified atom stereocenters. The molecular formula is C19H22N2O2. The van der Waals surface area contributed by atoms with Crippen molar-refractivity contribution in [1.29, 1.82) is 0 Å². The summed E-state index contributed by atoms with van der Waals surface area (Å²) in [4.78, 5) is 19.1. The molecule has 1 fully saturated rings. The van der Waals surface area contributed by atoms with Gasteiger partial charge in [0.1, 0.15) is 0 Å². The van der Waals surface area contributed by atoms with Crippen LogP contribution in [0.1, 0.15) is 24.1 Å². The van der Waals surface area contributed by atoms with Crippen molar-refractivity contribution in [3.05, 3.63) is 66.0 Å². The number of nitrogens with zero attached hydrogens (tertiary/aromatic N) is 2. The smallest absolute Gasteiger partial charge is 0.310 e. The fourth-order valence-corrected chi connectivity index (χ4v) is 3.24. The van der Waals surface area contributed by atoms with E-state index in [4.69, 9.17) is 4.74 Å². The summed E-state index contributed by atoms with van der Waals surface area (Å²) in [7, 11) is 0. The van der Waals surface area contributed by atoms with Gasteiger partial charge in [-0.15, -0.1) is 0 Å². The molecule has 4 heteroatoms. The molecule has 0 N–H and O–H groups in total. The highest BCUT2D eigenvalue weighted by Crippen LogP contribution is 2.33. The molecule has 0 aliphatic carbocycles. The van der Waals surface area contributed by atoms with Gasteiger partial charge < -0.3 is 4.74 Å². The molecule has 23 heavy (non-hydrogen) atoms. The molecule has 0 spiro atoms. The summed E-state index contributed by atoms with van der Waals surface area (Å²) in [5.74, 6) is -0.161. The van der Waals surface area contributed by atoms with Crippen LogP contribution in [0.15, 0.2) is 54.7 Å². The molecule has 0 amide bonds. The Morgan fingerprint density at radius 3 is 2.65 bits per heavy atom. The number of ether oxygens (including phenoxy) is 1. The lowest BCUT2D eigenvalue weighted by Crippen LogP contribution is -2.25. The quantitative estimate of drug-likeness (QED) is 0.797. The topological polar surface area (TPSA) is 42.4 Å². The first-order valence-electron chi connectivity index (χ1n) is 8.11. The summed E-state index contributed by atoms with van der Waals surface area (Å²) < 4.78 is 5.28. The van der Waals surface area contributed by atoms with Crippen molar-refractivity contribution in [2.75, 3.05) is 19.7 Å². The predicted molar refractivity (Wildman–Crippen MR) is 88.8 cm³/mol. The molecule has 4 nitrogen and oxygen atoms in total. The monoisotopic (exact) mass is 310 g/mol. The van der Waals surface area contributed by atoms with Crippen molar-refractivity contribution < 1.29 is 9.53 Å². The normalized spacial score (nSPS) is 21.3. The van der Waals surface area contributed by atoms with E-state index in [1.54, 1.807) is 6.20 Å². The maximum Gasteiger partial charge on any atom is 0.310 e. The first-order valence-corrected chi connectivity index (χ1v) is 8.11. The third kappa shape index (κ3) is 3.77. The number of carbonyl (C=O) groups is 1. The number of hydrogen-bond acceptors (Lipinski definition) is 4. The molecule has 120 valence electrons. The summed E-state index contributed by atoms with van der Waals surface area (Å²) in [5, 5.41) is 0. The van der Waals surface area contributed by atoms with Crippen LogP contribution in [0.25, 0.3) is 0 Å². The number of benzene rings is 1. The van der Waals surface area contributed by atoms with Gasteiger partial charge in [-0.05, 0) is 24.6 Å². The predicted octanol–water partition coefficient (Wildman–Crippen LogP) is 2.86. The Hall–Kier alpha value is -2.20. The fourth-order valence-electron chi connectivity index (χ4n) is 3.24. The lowest BCUT2D eigenvalue weighted by Gasteiger charge is -2.16. The van der Waals surface area contributed by atoms with Gasteiger partial charge in [-0.3, -0.25) is 14.7 Å². The number of hydrogen-bond donors (Lipinski definition) is 0. The van der Waals surface area contributed by atoms with Crippen LogP contribution in [0.3, 0.4) is 0 Å². The van der Waals surface area contributed by atoms with E-state index >= 15 is 0 Å². The Bertz CT molecular complexity index is 630. The van der Waals surface area contributed by atoms with Gasteiger partial charge in [0.2, 0.25) is 0 Å². The van der Waals surface area contributed by atoms with E-state index in [2.05, 4.69) is 22.0 Å². The van der Waals surface area contributed by atoms with E-state index in [-0.39, 0.29) is 17.8 Å². The van der Waals surface area contributed by atoms with Crippen molar-refractivity contribution in [1.82, 2.24) is 9.88 Å². The van der Waals surface area contributed by atoms with E-state index in [0.717, 1.165) is 25.3 Å². The lowest BCUT2D eigenvalue weighted by molar-refractivity contribution is -0.148. The summed E-state index contributed by atoms with van der Waals surface area (Å²) in [5.41, 5.74) is 2.23. The first kappa shape index (κ1) is 15.7. The van der Waals surface area contributed by atoms with Gasteiger partial charge >= 0.3 is 5.97 Å². The number of carbonyl (C=O) groups excluding carboxylic acids is 1. The van der Waals surface area contributed by atoms with Crippen LogP contribution < -0.4 is 0 Å². The second-order valence-electron chi connectivity index (χ2n) is 5.90. The van der Waals surface area contributed by atoms with Gasteiger partial charge in [0.15, 0.2) is 0 Å². The molecule has 0 saturated carbocycles. The lowest BCUT2D eigenvalue weighted by atomic mass is 9.92. The molecule has 3 rings (SSSR count). The van der Waals surface area contributed by atoms with Crippen LogP contribution in [-0.4, -0.2) is 35.5 Å². The van der Waals surface area contributed by atoms with Crippen molar-refractivity contribution in [3.63, 3.8) is 0 Å². The number of rotatable bonds is 5. The van der Waals surface area contributed by atoms with Gasteiger partial charge in [-0.2, -0.15) is 0 Å². The van der Waals surface area contributed by atoms with Crippen LogP contribution in [0, 0.1) is 5.92 Å². The molecule has 1 aromatic carbocycles. The third-order valence-corrected chi connectivity index (χ3v) is 4.30. The van der Waals surface area contributed by atoms with Gasteiger partial charge in [0, 0.05) is 37.4 Å². The molecule has 2 atom stereocenters. The second kappa shape index (κ2) is 7.38. The van der Waals surface area contributed by atoms with Crippen molar-refractivity contribution >= 4 is 5.97 Å². The Labute approximate surface area is 137 Å². The molecule has 1 saturated heterocycles. The zero-order valence-corrected chi connectivity index (χ0v) is 13.4. The van der Waals surface area contributed by atoms with Crippen LogP contribution >= 0.6 is 0 Å². The molecule has 2 heterocycles. The zero-order chi connectivity index (χ0) is 16.1. The minimum Gasteiger partial charge on any atom is -0.466 e. The second-order valence-corrected chi connectivity index (χ2v) is 5.90. The van der Waals surface area contributed by atoms with Crippen LogP contribution in [0.4, 0.5) is 0 Å². The van der Waals surface area contributed by atoms with Gasteiger partial charge in [-0.1, -0.05) is 36.4 Å². The van der Waals surface area contributed by atoms with E-state index < -0.39 is 0 Å². The highest BCUT2D eigenvalue weighted by atomic mass is 16.5. The van der Waals surface area contributed by atoms with E-state index in [0.29, 0.717) is 6.61 Å². The third-order valence-electron chi connectivity index (χ3n) is 4.30. The fraction of sp³-hybridized carbons (Fsp3) is 0.368. The zero-order valence-electron chi connectivity index (χ0n) is 13.4. The molecule has 1 aliphatic rings. The maximum absolute atomic E-state index is 12.4. The summed E-state index contributed by atoms with van der Waals surface area (Å²) in [6.45, 7) is 4.66. The molecule has 0 radical (unpaired) electrons. The first-order chi connectivity index (χ1) is 11.3. The average molecular weight is 310 g/mol. The van der Waals surface area contributed by atoms with Gasteiger partial charge in [-0.25, -0.2) is 0 Å². The number of likely N-dealkylation sites (tertiary alicyclic amines) is 1. The van der Waals surface area contributed by atoms with E-state index in [1.165, 1.54) is 5.56 Å². The van der Waals surface area contributed by atoms with Crippen LogP contribution in [0.2, 0.25) is 0 Å². The Morgan fingerprint density at radius 2 is 1.96 bits per heavy atom. The Morgan fingerprint density at radius 1 is 1.17 bits per heavy atom. The highest BCUT2D eigenvalue weighted by Gasteiger charge is 2.39. The highest BCUT2D eigenvalue weighted by molar-refractivity contribution is 5.74. The average Bonchev–Trinajstić information content (AvgIpc) is 3.01. The minimum atomic E-state index is -0.145. The van der Waals surface area contributed by atoms with Crippen molar-refractivity contribution in [2.45, 2.75) is 19.4 Å². The van der Waals surface area contributed by atoms with Crippen LogP contribution in [-0.2, 0) is 16.1 Å². The number of esters is 1.